The number of aryl methyl sites for hydroxylation is 1. The lowest BCUT2D eigenvalue weighted by Gasteiger charge is -2.35. The molecule has 152 valence electrons. The fourth-order valence-corrected chi connectivity index (χ4v) is 3.43. The van der Waals surface area contributed by atoms with Crippen molar-refractivity contribution in [1.29, 1.82) is 0 Å². The monoisotopic (exact) mass is 405 g/mol. The van der Waals surface area contributed by atoms with Crippen LogP contribution in [0.1, 0.15) is 5.56 Å². The van der Waals surface area contributed by atoms with Gasteiger partial charge >= 0.3 is 6.18 Å². The number of piperazine rings is 1. The van der Waals surface area contributed by atoms with Crippen LogP contribution in [0.2, 0.25) is 0 Å². The first-order chi connectivity index (χ1) is 13.8. The number of nitrogens with zero attached hydrogens (tertiary/aromatic N) is 5. The van der Waals surface area contributed by atoms with Gasteiger partial charge in [-0.2, -0.15) is 13.2 Å². The first-order valence-corrected chi connectivity index (χ1v) is 9.14. The second-order valence-corrected chi connectivity index (χ2v) is 6.92. The molecule has 4 rings (SSSR count). The minimum absolute atomic E-state index is 0.373. The van der Waals surface area contributed by atoms with Crippen molar-refractivity contribution in [2.24, 2.45) is 7.05 Å². The van der Waals surface area contributed by atoms with E-state index in [9.17, 15) is 17.6 Å². The Hall–Kier alpha value is -3.10. The summed E-state index contributed by atoms with van der Waals surface area (Å²) in [5, 5.41) is 0. The van der Waals surface area contributed by atoms with E-state index < -0.39 is 11.7 Å². The summed E-state index contributed by atoms with van der Waals surface area (Å²) in [6.45, 7) is 2.71. The van der Waals surface area contributed by atoms with Gasteiger partial charge in [-0.1, -0.05) is 12.1 Å². The molecule has 29 heavy (non-hydrogen) atoms. The van der Waals surface area contributed by atoms with Gasteiger partial charge in [-0.3, -0.25) is 0 Å². The molecule has 0 unspecified atom stereocenters. The second-order valence-electron chi connectivity index (χ2n) is 6.92. The maximum absolute atomic E-state index is 13.1. The van der Waals surface area contributed by atoms with Gasteiger partial charge in [0.25, 0.3) is 0 Å². The van der Waals surface area contributed by atoms with Gasteiger partial charge in [-0.05, 0) is 24.3 Å². The van der Waals surface area contributed by atoms with Crippen molar-refractivity contribution in [3.05, 3.63) is 60.2 Å². The predicted octanol–water partition coefficient (Wildman–Crippen LogP) is 3.97. The summed E-state index contributed by atoms with van der Waals surface area (Å²) in [4.78, 5) is 12.8. The summed E-state index contributed by atoms with van der Waals surface area (Å²) < 4.78 is 53.9. The molecule has 1 aliphatic rings. The van der Waals surface area contributed by atoms with E-state index in [-0.39, 0.29) is 5.82 Å². The number of aromatic nitrogens is 3. The molecule has 1 saturated heterocycles. The van der Waals surface area contributed by atoms with Crippen molar-refractivity contribution in [1.82, 2.24) is 14.5 Å². The standard InChI is InChI=1S/C20H19F4N5/c1-27-13-17(14-3-2-4-15(11-14)20(22,23)24)26-19(27)29-9-7-28(8-10-29)18-6-5-16(21)12-25-18/h2-6,11-13H,7-10H2,1H3. The maximum Gasteiger partial charge on any atom is 0.416 e. The fourth-order valence-electron chi connectivity index (χ4n) is 3.43. The van der Waals surface area contributed by atoms with Crippen molar-refractivity contribution < 1.29 is 17.6 Å². The highest BCUT2D eigenvalue weighted by Crippen LogP contribution is 2.32. The second kappa shape index (κ2) is 7.38. The fraction of sp³-hybridized carbons (Fsp3) is 0.300. The lowest BCUT2D eigenvalue weighted by molar-refractivity contribution is -0.137. The Bertz CT molecular complexity index is 989. The lowest BCUT2D eigenvalue weighted by atomic mass is 10.1. The van der Waals surface area contributed by atoms with E-state index >= 15 is 0 Å². The Morgan fingerprint density at radius 1 is 0.966 bits per heavy atom. The SMILES string of the molecule is Cn1cc(-c2cccc(C(F)(F)F)c2)nc1N1CCN(c2ccc(F)cn2)CC1. The minimum atomic E-state index is -4.39. The number of benzene rings is 1. The van der Waals surface area contributed by atoms with Crippen LogP contribution in [0.5, 0.6) is 0 Å². The van der Waals surface area contributed by atoms with Gasteiger partial charge in [0, 0.05) is 45.0 Å². The molecule has 1 aromatic carbocycles. The van der Waals surface area contributed by atoms with Crippen molar-refractivity contribution in [3.8, 4) is 11.3 Å². The number of rotatable bonds is 3. The van der Waals surface area contributed by atoms with E-state index in [1.807, 2.05) is 11.6 Å². The molecule has 2 aromatic heterocycles. The van der Waals surface area contributed by atoms with E-state index in [2.05, 4.69) is 19.8 Å². The first kappa shape index (κ1) is 19.2. The molecule has 0 spiro atoms. The number of halogens is 4. The predicted molar refractivity (Wildman–Crippen MR) is 102 cm³/mol. The highest BCUT2D eigenvalue weighted by Gasteiger charge is 2.30. The van der Waals surface area contributed by atoms with Gasteiger partial charge in [0.1, 0.15) is 11.6 Å². The number of alkyl halides is 3. The van der Waals surface area contributed by atoms with E-state index in [0.717, 1.165) is 18.0 Å². The van der Waals surface area contributed by atoms with Crippen LogP contribution >= 0.6 is 0 Å². The van der Waals surface area contributed by atoms with Gasteiger partial charge in [0.05, 0.1) is 17.5 Å². The van der Waals surface area contributed by atoms with Gasteiger partial charge in [-0.25, -0.2) is 14.4 Å². The molecule has 5 nitrogen and oxygen atoms in total. The largest absolute Gasteiger partial charge is 0.416 e. The molecule has 0 radical (unpaired) electrons. The molecule has 3 aromatic rings. The van der Waals surface area contributed by atoms with Crippen LogP contribution in [0.4, 0.5) is 29.3 Å². The summed E-state index contributed by atoms with van der Waals surface area (Å²) in [7, 11) is 1.83. The number of pyridine rings is 1. The lowest BCUT2D eigenvalue weighted by Crippen LogP contribution is -2.47. The third kappa shape index (κ3) is 4.03. The molecule has 1 fully saturated rings. The van der Waals surface area contributed by atoms with E-state index in [0.29, 0.717) is 43.4 Å². The first-order valence-electron chi connectivity index (χ1n) is 9.14. The van der Waals surface area contributed by atoms with Crippen LogP contribution in [0.15, 0.2) is 48.8 Å². The summed E-state index contributed by atoms with van der Waals surface area (Å²) in [6.07, 6.45) is -1.46. The molecule has 0 amide bonds. The summed E-state index contributed by atoms with van der Waals surface area (Å²) in [5.74, 6) is 1.04. The number of hydrogen-bond donors (Lipinski definition) is 0. The van der Waals surface area contributed by atoms with Crippen LogP contribution < -0.4 is 9.80 Å². The molecule has 0 bridgehead atoms. The molecule has 3 heterocycles. The van der Waals surface area contributed by atoms with Gasteiger partial charge < -0.3 is 14.4 Å². The molecule has 0 N–H and O–H groups in total. The maximum atomic E-state index is 13.1. The van der Waals surface area contributed by atoms with Crippen molar-refractivity contribution in [3.63, 3.8) is 0 Å². The Morgan fingerprint density at radius 3 is 2.34 bits per heavy atom. The summed E-state index contributed by atoms with van der Waals surface area (Å²) in [5.41, 5.74) is 0.231. The normalized spacial score (nSPS) is 15.1. The molecule has 1 aliphatic heterocycles. The third-order valence-electron chi connectivity index (χ3n) is 4.94. The minimum Gasteiger partial charge on any atom is -0.353 e. The van der Waals surface area contributed by atoms with Gasteiger partial charge in [-0.15, -0.1) is 0 Å². The molecule has 0 aliphatic carbocycles. The molecule has 9 heteroatoms. The number of hydrogen-bond acceptors (Lipinski definition) is 4. The van der Waals surface area contributed by atoms with Crippen LogP contribution in [-0.4, -0.2) is 40.7 Å². The Balaban J connectivity index is 1.50. The van der Waals surface area contributed by atoms with E-state index in [4.69, 9.17) is 0 Å². The van der Waals surface area contributed by atoms with Gasteiger partial charge in [0.2, 0.25) is 5.95 Å². The van der Waals surface area contributed by atoms with Crippen LogP contribution in [0, 0.1) is 5.82 Å². The molecular formula is C20H19F4N5. The highest BCUT2D eigenvalue weighted by molar-refractivity contribution is 5.62. The van der Waals surface area contributed by atoms with Crippen LogP contribution in [0.25, 0.3) is 11.3 Å². The third-order valence-corrected chi connectivity index (χ3v) is 4.94. The zero-order valence-electron chi connectivity index (χ0n) is 15.7. The molecule has 0 saturated carbocycles. The summed E-state index contributed by atoms with van der Waals surface area (Å²) >= 11 is 0. The topological polar surface area (TPSA) is 37.2 Å². The van der Waals surface area contributed by atoms with Crippen molar-refractivity contribution in [2.45, 2.75) is 6.18 Å². The average Bonchev–Trinajstić information content (AvgIpc) is 3.10. The number of anilines is 2. The smallest absolute Gasteiger partial charge is 0.353 e. The van der Waals surface area contributed by atoms with E-state index in [1.54, 1.807) is 18.3 Å². The zero-order chi connectivity index (χ0) is 20.6. The number of imidazole rings is 1. The Kier molecular flexibility index (Phi) is 4.89. The van der Waals surface area contributed by atoms with Crippen molar-refractivity contribution in [2.75, 3.05) is 36.0 Å². The molecule has 0 atom stereocenters. The quantitative estimate of drug-likeness (QED) is 0.618. The van der Waals surface area contributed by atoms with Gasteiger partial charge in [0.15, 0.2) is 0 Å². The van der Waals surface area contributed by atoms with Crippen LogP contribution in [-0.2, 0) is 13.2 Å². The highest BCUT2D eigenvalue weighted by atomic mass is 19.4. The van der Waals surface area contributed by atoms with Crippen molar-refractivity contribution >= 4 is 11.8 Å². The average molecular weight is 405 g/mol. The Labute approximate surface area is 165 Å². The molecular weight excluding hydrogens is 386 g/mol. The van der Waals surface area contributed by atoms with Crippen LogP contribution in [0.3, 0.4) is 0 Å². The summed E-state index contributed by atoms with van der Waals surface area (Å²) in [6, 6.07) is 8.22. The zero-order valence-corrected chi connectivity index (χ0v) is 15.7. The Morgan fingerprint density at radius 2 is 1.69 bits per heavy atom. The van der Waals surface area contributed by atoms with E-state index in [1.165, 1.54) is 18.3 Å².